The van der Waals surface area contributed by atoms with Crippen LogP contribution in [0.4, 0.5) is 0 Å². The zero-order valence-electron chi connectivity index (χ0n) is 11.5. The summed E-state index contributed by atoms with van der Waals surface area (Å²) in [5, 5.41) is 12.2. The Morgan fingerprint density at radius 1 is 1.32 bits per heavy atom. The van der Waals surface area contributed by atoms with E-state index in [0.717, 1.165) is 32.6 Å². The lowest BCUT2D eigenvalue weighted by molar-refractivity contribution is -0.150. The van der Waals surface area contributed by atoms with E-state index in [1.165, 1.54) is 0 Å². The van der Waals surface area contributed by atoms with Crippen LogP contribution in [0.3, 0.4) is 0 Å². The van der Waals surface area contributed by atoms with E-state index >= 15 is 0 Å². The quantitative estimate of drug-likeness (QED) is 0.717. The third-order valence-electron chi connectivity index (χ3n) is 4.15. The van der Waals surface area contributed by atoms with E-state index in [4.69, 9.17) is 5.11 Å². The number of likely N-dealkylation sites (tertiary alicyclic amines) is 1. The predicted molar refractivity (Wildman–Crippen MR) is 70.8 cm³/mol. The summed E-state index contributed by atoms with van der Waals surface area (Å²) < 4.78 is 0. The van der Waals surface area contributed by atoms with E-state index in [2.05, 4.69) is 10.2 Å². The maximum Gasteiger partial charge on any atom is 0.306 e. The molecule has 0 radical (unpaired) electrons. The molecular weight excluding hydrogens is 246 g/mol. The summed E-state index contributed by atoms with van der Waals surface area (Å²) in [6.45, 7) is 7.20. The molecule has 2 saturated heterocycles. The molecule has 2 rings (SSSR count). The minimum atomic E-state index is -0.768. The van der Waals surface area contributed by atoms with Crippen molar-refractivity contribution in [1.82, 2.24) is 15.1 Å². The van der Waals surface area contributed by atoms with Gasteiger partial charge in [0, 0.05) is 32.1 Å². The molecule has 6 nitrogen and oxygen atoms in total. The van der Waals surface area contributed by atoms with E-state index in [-0.39, 0.29) is 17.7 Å². The van der Waals surface area contributed by atoms with Gasteiger partial charge < -0.3 is 15.3 Å². The third kappa shape index (κ3) is 3.67. The highest BCUT2D eigenvalue weighted by Crippen LogP contribution is 2.24. The molecule has 0 aromatic heterocycles. The fraction of sp³-hybridized carbons (Fsp3) is 0.846. The molecule has 0 aromatic carbocycles. The van der Waals surface area contributed by atoms with Crippen molar-refractivity contribution in [3.8, 4) is 0 Å². The highest BCUT2D eigenvalue weighted by atomic mass is 16.4. The van der Waals surface area contributed by atoms with Crippen molar-refractivity contribution in [2.24, 2.45) is 11.8 Å². The van der Waals surface area contributed by atoms with Crippen LogP contribution in [0.25, 0.3) is 0 Å². The summed E-state index contributed by atoms with van der Waals surface area (Å²) in [5.74, 6) is -0.870. The smallest absolute Gasteiger partial charge is 0.306 e. The minimum Gasteiger partial charge on any atom is -0.481 e. The van der Waals surface area contributed by atoms with Gasteiger partial charge in [-0.05, 0) is 19.5 Å². The van der Waals surface area contributed by atoms with Crippen LogP contribution >= 0.6 is 0 Å². The molecule has 0 aromatic rings. The van der Waals surface area contributed by atoms with Crippen molar-refractivity contribution in [3.63, 3.8) is 0 Å². The molecule has 2 heterocycles. The molecule has 19 heavy (non-hydrogen) atoms. The zero-order chi connectivity index (χ0) is 13.8. The number of aliphatic carboxylic acids is 1. The van der Waals surface area contributed by atoms with Gasteiger partial charge in [-0.2, -0.15) is 0 Å². The lowest BCUT2D eigenvalue weighted by atomic mass is 9.87. The Balaban J connectivity index is 1.72. The first-order valence-corrected chi connectivity index (χ1v) is 7.01. The number of carbonyl (C=O) groups excluding carboxylic acids is 1. The van der Waals surface area contributed by atoms with Gasteiger partial charge in [0.1, 0.15) is 0 Å². The second-order valence-electron chi connectivity index (χ2n) is 5.57. The van der Waals surface area contributed by atoms with Gasteiger partial charge in [-0.3, -0.25) is 14.5 Å². The molecule has 2 fully saturated rings. The molecule has 2 aliphatic rings. The van der Waals surface area contributed by atoms with E-state index in [1.54, 1.807) is 11.8 Å². The number of carbonyl (C=O) groups is 2. The first-order valence-electron chi connectivity index (χ1n) is 7.01. The molecule has 6 heteroatoms. The highest BCUT2D eigenvalue weighted by molar-refractivity contribution is 5.79. The largest absolute Gasteiger partial charge is 0.481 e. The monoisotopic (exact) mass is 269 g/mol. The fourth-order valence-corrected chi connectivity index (χ4v) is 2.59. The van der Waals surface area contributed by atoms with Crippen LogP contribution in [0.1, 0.15) is 13.3 Å². The van der Waals surface area contributed by atoms with Crippen molar-refractivity contribution >= 4 is 11.9 Å². The zero-order valence-corrected chi connectivity index (χ0v) is 11.5. The molecule has 2 N–H and O–H groups in total. The Bertz CT molecular complexity index is 334. The highest BCUT2D eigenvalue weighted by Gasteiger charge is 2.37. The molecular formula is C13H23N3O3. The molecule has 0 bridgehead atoms. The summed E-state index contributed by atoms with van der Waals surface area (Å²) in [5.41, 5.74) is 0. The van der Waals surface area contributed by atoms with Gasteiger partial charge in [-0.25, -0.2) is 0 Å². The Morgan fingerprint density at radius 3 is 2.74 bits per heavy atom. The van der Waals surface area contributed by atoms with E-state index in [1.807, 2.05) is 0 Å². The number of rotatable bonds is 4. The second kappa shape index (κ2) is 6.34. The average Bonchev–Trinajstić information content (AvgIpc) is 2.55. The van der Waals surface area contributed by atoms with Gasteiger partial charge in [0.2, 0.25) is 5.91 Å². The van der Waals surface area contributed by atoms with Crippen LogP contribution in [0.15, 0.2) is 0 Å². The topological polar surface area (TPSA) is 72.9 Å². The number of hydrogen-bond donors (Lipinski definition) is 2. The van der Waals surface area contributed by atoms with Crippen LogP contribution in [0.2, 0.25) is 0 Å². The van der Waals surface area contributed by atoms with Crippen LogP contribution in [0, 0.1) is 11.8 Å². The molecule has 1 unspecified atom stereocenters. The summed E-state index contributed by atoms with van der Waals surface area (Å²) in [6, 6.07) is 0. The van der Waals surface area contributed by atoms with E-state index < -0.39 is 5.97 Å². The van der Waals surface area contributed by atoms with Crippen molar-refractivity contribution in [1.29, 1.82) is 0 Å². The van der Waals surface area contributed by atoms with Crippen molar-refractivity contribution in [2.45, 2.75) is 13.3 Å². The number of amides is 1. The number of nitrogens with one attached hydrogen (secondary N) is 1. The summed E-state index contributed by atoms with van der Waals surface area (Å²) in [7, 11) is 0. The second-order valence-corrected chi connectivity index (χ2v) is 5.57. The molecule has 108 valence electrons. The van der Waals surface area contributed by atoms with Crippen LogP contribution in [-0.4, -0.2) is 72.6 Å². The Labute approximate surface area is 113 Å². The van der Waals surface area contributed by atoms with Gasteiger partial charge in [0.05, 0.1) is 12.5 Å². The molecule has 0 spiro atoms. The Kier molecular flexibility index (Phi) is 4.76. The summed E-state index contributed by atoms with van der Waals surface area (Å²) in [6.07, 6.45) is 1.08. The lowest BCUT2D eigenvalue weighted by Gasteiger charge is -2.42. The summed E-state index contributed by atoms with van der Waals surface area (Å²) >= 11 is 0. The minimum absolute atomic E-state index is 0.118. The molecule has 2 aliphatic heterocycles. The van der Waals surface area contributed by atoms with Crippen LogP contribution in [-0.2, 0) is 9.59 Å². The van der Waals surface area contributed by atoms with Gasteiger partial charge in [0.25, 0.3) is 0 Å². The maximum atomic E-state index is 12.1. The van der Waals surface area contributed by atoms with Crippen molar-refractivity contribution < 1.29 is 14.7 Å². The standard InChI is InChI=1S/C13H23N3O3/c1-10(13(18)19)11-7-16(8-11)12(17)9-15-5-2-3-14-4-6-15/h10-11,14H,2-9H2,1H3,(H,18,19). The van der Waals surface area contributed by atoms with Gasteiger partial charge in [-0.1, -0.05) is 6.92 Å². The molecule has 0 aliphatic carbocycles. The van der Waals surface area contributed by atoms with Crippen molar-refractivity contribution in [2.75, 3.05) is 45.8 Å². The normalized spacial score (nSPS) is 23.5. The number of carboxylic acid groups (broad SMARTS) is 1. The fourth-order valence-electron chi connectivity index (χ4n) is 2.59. The Hall–Kier alpha value is -1.14. The van der Waals surface area contributed by atoms with Gasteiger partial charge >= 0.3 is 5.97 Å². The lowest BCUT2D eigenvalue weighted by Crippen LogP contribution is -2.55. The van der Waals surface area contributed by atoms with Crippen molar-refractivity contribution in [3.05, 3.63) is 0 Å². The molecule has 0 saturated carbocycles. The number of hydrogen-bond acceptors (Lipinski definition) is 4. The van der Waals surface area contributed by atoms with E-state index in [9.17, 15) is 9.59 Å². The average molecular weight is 269 g/mol. The first kappa shape index (κ1) is 14.3. The van der Waals surface area contributed by atoms with Gasteiger partial charge in [-0.15, -0.1) is 0 Å². The number of carboxylic acids is 1. The molecule has 1 amide bonds. The van der Waals surface area contributed by atoms with Crippen LogP contribution < -0.4 is 5.32 Å². The molecule has 1 atom stereocenters. The van der Waals surface area contributed by atoms with Gasteiger partial charge in [0.15, 0.2) is 0 Å². The Morgan fingerprint density at radius 2 is 2.05 bits per heavy atom. The first-order chi connectivity index (χ1) is 9.08. The number of nitrogens with zero attached hydrogens (tertiary/aromatic N) is 2. The predicted octanol–water partition coefficient (Wildman–Crippen LogP) is -0.539. The maximum absolute atomic E-state index is 12.1. The summed E-state index contributed by atoms with van der Waals surface area (Å²) in [4.78, 5) is 26.9. The van der Waals surface area contributed by atoms with E-state index in [0.29, 0.717) is 19.6 Å². The van der Waals surface area contributed by atoms with Crippen LogP contribution in [0.5, 0.6) is 0 Å². The third-order valence-corrected chi connectivity index (χ3v) is 4.15. The SMILES string of the molecule is CC(C(=O)O)C1CN(C(=O)CN2CCCNCC2)C1.